The zero-order valence-corrected chi connectivity index (χ0v) is 16.4. The maximum atomic E-state index is 13.3. The Morgan fingerprint density at radius 3 is 2.43 bits per heavy atom. The fourth-order valence-electron chi connectivity index (χ4n) is 2.75. The largest absolute Gasteiger partial charge is 0.467 e. The number of carbonyl (C=O) groups excluding carboxylic acids is 1. The van der Waals surface area contributed by atoms with Crippen molar-refractivity contribution < 1.29 is 18.2 Å². The maximum Gasteiger partial charge on any atom is 0.270 e. The van der Waals surface area contributed by atoms with Crippen LogP contribution in [0.4, 0.5) is 10.1 Å². The van der Waals surface area contributed by atoms with E-state index in [9.17, 15) is 9.18 Å². The predicted molar refractivity (Wildman–Crippen MR) is 109 cm³/mol. The van der Waals surface area contributed by atoms with E-state index in [1.165, 1.54) is 24.3 Å². The molecule has 3 aromatic rings. The van der Waals surface area contributed by atoms with Crippen LogP contribution in [0, 0.1) is 5.82 Å². The lowest BCUT2D eigenvalue weighted by Gasteiger charge is -2.16. The molecule has 0 radical (unpaired) electrons. The van der Waals surface area contributed by atoms with Crippen LogP contribution in [0.15, 0.2) is 71.6 Å². The Morgan fingerprint density at radius 2 is 1.86 bits per heavy atom. The molecule has 2 heterocycles. The van der Waals surface area contributed by atoms with Gasteiger partial charge in [0.25, 0.3) is 6.04 Å². The Kier molecular flexibility index (Phi) is 6.16. The summed E-state index contributed by atoms with van der Waals surface area (Å²) in [6.45, 7) is 0.370. The molecule has 0 saturated carbocycles. The Hall–Kier alpha value is -3.06. The Labute approximate surface area is 168 Å². The second-order valence-electron chi connectivity index (χ2n) is 6.47. The fraction of sp³-hybridized carbons (Fsp3) is 0.190. The summed E-state index contributed by atoms with van der Waals surface area (Å²) in [5, 5.41) is 3.09. The number of ketones is 1. The van der Waals surface area contributed by atoms with E-state index in [0.717, 1.165) is 5.69 Å². The van der Waals surface area contributed by atoms with Crippen LogP contribution < -0.4 is 14.8 Å². The summed E-state index contributed by atoms with van der Waals surface area (Å²) in [5.41, 5.74) is 1.39. The zero-order valence-electron chi connectivity index (χ0n) is 15.6. The van der Waals surface area contributed by atoms with Crippen molar-refractivity contribution >= 4 is 28.7 Å². The van der Waals surface area contributed by atoms with Gasteiger partial charge in [0.1, 0.15) is 11.6 Å². The molecular formula is C21H21FN3O2S+. The maximum absolute atomic E-state index is 13.3. The number of pyridine rings is 1. The number of halogens is 1. The van der Waals surface area contributed by atoms with Crippen molar-refractivity contribution in [1.82, 2.24) is 5.32 Å². The number of furan rings is 1. The van der Waals surface area contributed by atoms with Gasteiger partial charge in [-0.15, -0.1) is 0 Å². The number of carbonyl (C=O) groups is 1. The summed E-state index contributed by atoms with van der Waals surface area (Å²) in [7, 11) is 3.88. The third kappa shape index (κ3) is 4.61. The highest BCUT2D eigenvalue weighted by molar-refractivity contribution is 7.80. The number of anilines is 1. The molecule has 0 saturated heterocycles. The topological polar surface area (TPSA) is 49.4 Å². The monoisotopic (exact) mass is 398 g/mol. The molecule has 1 aromatic carbocycles. The van der Waals surface area contributed by atoms with Gasteiger partial charge in [0.05, 0.1) is 12.8 Å². The van der Waals surface area contributed by atoms with E-state index in [4.69, 9.17) is 16.6 Å². The van der Waals surface area contributed by atoms with Crippen molar-refractivity contribution in [1.29, 1.82) is 0 Å². The zero-order chi connectivity index (χ0) is 20.1. The first kappa shape index (κ1) is 19.7. The summed E-state index contributed by atoms with van der Waals surface area (Å²) in [6, 6.07) is 12.1. The average Bonchev–Trinajstić information content (AvgIpc) is 3.21. The van der Waals surface area contributed by atoms with E-state index >= 15 is 0 Å². The van der Waals surface area contributed by atoms with Gasteiger partial charge in [-0.25, -0.2) is 4.39 Å². The van der Waals surface area contributed by atoms with Crippen molar-refractivity contribution in [3.8, 4) is 0 Å². The van der Waals surface area contributed by atoms with E-state index in [1.807, 2.05) is 49.6 Å². The summed E-state index contributed by atoms with van der Waals surface area (Å²) >= 11 is 5.54. The predicted octanol–water partition coefficient (Wildman–Crippen LogP) is 3.31. The number of rotatable bonds is 7. The molecule has 0 unspecified atom stereocenters. The highest BCUT2D eigenvalue weighted by Gasteiger charge is 2.33. The van der Waals surface area contributed by atoms with Crippen LogP contribution >= 0.6 is 12.2 Å². The first-order chi connectivity index (χ1) is 13.5. The van der Waals surface area contributed by atoms with Crippen LogP contribution in [-0.4, -0.2) is 24.9 Å². The van der Waals surface area contributed by atoms with Gasteiger partial charge >= 0.3 is 0 Å². The molecule has 0 fully saturated rings. The molecular weight excluding hydrogens is 377 g/mol. The van der Waals surface area contributed by atoms with Gasteiger partial charge in [0.15, 0.2) is 17.4 Å². The number of thiocarbonyl (C=S) groups is 1. The minimum Gasteiger partial charge on any atom is -0.467 e. The number of hydrogen-bond donors (Lipinski definition) is 1. The second kappa shape index (κ2) is 8.75. The van der Waals surface area contributed by atoms with Gasteiger partial charge in [-0.2, -0.15) is 4.57 Å². The minimum absolute atomic E-state index is 0.223. The van der Waals surface area contributed by atoms with Crippen molar-refractivity contribution in [3.63, 3.8) is 0 Å². The quantitative estimate of drug-likeness (QED) is 0.376. The van der Waals surface area contributed by atoms with Gasteiger partial charge in [0, 0.05) is 37.5 Å². The molecule has 0 bridgehead atoms. The smallest absolute Gasteiger partial charge is 0.270 e. The third-order valence-electron chi connectivity index (χ3n) is 4.29. The lowest BCUT2D eigenvalue weighted by atomic mass is 10.0. The van der Waals surface area contributed by atoms with Gasteiger partial charge in [0.2, 0.25) is 5.78 Å². The Balaban J connectivity index is 1.89. The van der Waals surface area contributed by atoms with Crippen LogP contribution in [0.2, 0.25) is 0 Å². The molecule has 1 atom stereocenters. The van der Waals surface area contributed by atoms with E-state index in [1.54, 1.807) is 16.9 Å². The number of hydrogen-bond acceptors (Lipinski definition) is 4. The highest BCUT2D eigenvalue weighted by Crippen LogP contribution is 2.14. The molecule has 1 N–H and O–H groups in total. The molecule has 2 aromatic heterocycles. The summed E-state index contributed by atoms with van der Waals surface area (Å²) in [5.74, 6) is 0.0949. The van der Waals surface area contributed by atoms with Crippen molar-refractivity contribution in [2.24, 2.45) is 0 Å². The molecule has 5 nitrogen and oxygen atoms in total. The van der Waals surface area contributed by atoms with Gasteiger partial charge in [-0.05, 0) is 36.4 Å². The minimum atomic E-state index is -0.758. The van der Waals surface area contributed by atoms with Gasteiger partial charge < -0.3 is 14.6 Å². The van der Waals surface area contributed by atoms with Crippen molar-refractivity contribution in [2.75, 3.05) is 19.0 Å². The first-order valence-electron chi connectivity index (χ1n) is 8.73. The normalized spacial score (nSPS) is 11.7. The fourth-order valence-corrected chi connectivity index (χ4v) is 3.05. The molecule has 28 heavy (non-hydrogen) atoms. The van der Waals surface area contributed by atoms with Crippen molar-refractivity contribution in [2.45, 2.75) is 12.6 Å². The SMILES string of the molecule is CN(C)c1cc[n+]([C@H](C(=O)c2ccc(F)cc2)C(=S)NCc2ccco2)cc1. The third-order valence-corrected chi connectivity index (χ3v) is 4.66. The summed E-state index contributed by atoms with van der Waals surface area (Å²) in [4.78, 5) is 15.5. The standard InChI is InChI=1S/C21H20FN3O2S/c1-24(2)17-9-11-25(12-10-17)19(20(26)15-5-7-16(22)8-6-15)21(28)23-14-18-4-3-13-27-18/h3-13,19H,14H2,1-2H3/p+1/t19-/m1/s1. The summed E-state index contributed by atoms with van der Waals surface area (Å²) in [6.07, 6.45) is 5.19. The molecule has 144 valence electrons. The molecule has 0 aliphatic heterocycles. The molecule has 3 rings (SSSR count). The van der Waals surface area contributed by atoms with Gasteiger partial charge in [-0.3, -0.25) is 4.79 Å². The lowest BCUT2D eigenvalue weighted by Crippen LogP contribution is -2.51. The van der Waals surface area contributed by atoms with E-state index < -0.39 is 11.9 Å². The lowest BCUT2D eigenvalue weighted by molar-refractivity contribution is -0.692. The number of benzene rings is 1. The molecule has 7 heteroatoms. The molecule has 0 spiro atoms. The molecule has 0 aliphatic carbocycles. The highest BCUT2D eigenvalue weighted by atomic mass is 32.1. The second-order valence-corrected chi connectivity index (χ2v) is 6.91. The molecule has 0 amide bonds. The van der Waals surface area contributed by atoms with Crippen LogP contribution in [0.3, 0.4) is 0 Å². The average molecular weight is 398 g/mol. The van der Waals surface area contributed by atoms with Crippen molar-refractivity contribution in [3.05, 3.63) is 84.3 Å². The Morgan fingerprint density at radius 1 is 1.18 bits per heavy atom. The van der Waals surface area contributed by atoms with Crippen LogP contribution in [0.1, 0.15) is 22.2 Å². The van der Waals surface area contributed by atoms with E-state index in [0.29, 0.717) is 22.9 Å². The first-order valence-corrected chi connectivity index (χ1v) is 9.14. The number of Topliss-reactive ketones (excluding diaryl/α,β-unsaturated/α-hetero) is 1. The van der Waals surface area contributed by atoms with E-state index in [2.05, 4.69) is 5.32 Å². The van der Waals surface area contributed by atoms with Gasteiger partial charge in [-0.1, -0.05) is 12.2 Å². The number of aromatic nitrogens is 1. The van der Waals surface area contributed by atoms with Crippen LogP contribution in [-0.2, 0) is 6.54 Å². The molecule has 0 aliphatic rings. The summed E-state index contributed by atoms with van der Waals surface area (Å²) < 4.78 is 20.3. The number of nitrogens with zero attached hydrogens (tertiary/aromatic N) is 2. The van der Waals surface area contributed by atoms with Crippen LogP contribution in [0.25, 0.3) is 0 Å². The Bertz CT molecular complexity index is 939. The van der Waals surface area contributed by atoms with Crippen LogP contribution in [0.5, 0.6) is 0 Å². The van der Waals surface area contributed by atoms with E-state index in [-0.39, 0.29) is 5.78 Å². The number of nitrogens with one attached hydrogen (secondary N) is 1.